The predicted octanol–water partition coefficient (Wildman–Crippen LogP) is 13.5. The fourth-order valence-corrected chi connectivity index (χ4v) is 4.45. The number of benzene rings is 4. The van der Waals surface area contributed by atoms with E-state index in [4.69, 9.17) is 0 Å². The van der Waals surface area contributed by atoms with Crippen molar-refractivity contribution in [3.05, 3.63) is 127 Å². The molecule has 0 radical (unpaired) electrons. The van der Waals surface area contributed by atoms with Crippen LogP contribution in [0.15, 0.2) is 115 Å². The second-order valence-corrected chi connectivity index (χ2v) is 13.1. The summed E-state index contributed by atoms with van der Waals surface area (Å²) in [6.45, 7) is 31.9. The molecule has 45 heavy (non-hydrogen) atoms. The molecule has 0 saturated carbocycles. The maximum absolute atomic E-state index is 4.38. The van der Waals surface area contributed by atoms with Crippen LogP contribution in [0.3, 0.4) is 0 Å². The lowest BCUT2D eigenvalue weighted by atomic mass is 9.82. The Labute approximate surface area is 277 Å². The summed E-state index contributed by atoms with van der Waals surface area (Å²) in [6.07, 6.45) is 1.92. The minimum atomic E-state index is 0.0586. The number of para-hydroxylation sites is 1. The van der Waals surface area contributed by atoms with Gasteiger partial charge in [-0.15, -0.1) is 0 Å². The van der Waals surface area contributed by atoms with Gasteiger partial charge in [0.1, 0.15) is 0 Å². The van der Waals surface area contributed by atoms with Crippen LogP contribution in [0.1, 0.15) is 115 Å². The predicted molar refractivity (Wildman–Crippen MR) is 204 cm³/mol. The van der Waals surface area contributed by atoms with Gasteiger partial charge in [0.15, 0.2) is 0 Å². The first-order valence-corrected chi connectivity index (χ1v) is 16.9. The number of hydrogen-bond acceptors (Lipinski definition) is 1. The van der Waals surface area contributed by atoms with Gasteiger partial charge in [-0.25, -0.2) is 0 Å². The summed E-state index contributed by atoms with van der Waals surface area (Å²) >= 11 is 0. The highest BCUT2D eigenvalue weighted by Crippen LogP contribution is 2.32. The Bertz CT molecular complexity index is 1420. The third kappa shape index (κ3) is 13.9. The number of nitrogens with zero attached hydrogens (tertiary/aromatic N) is 2. The van der Waals surface area contributed by atoms with E-state index in [0.717, 1.165) is 0 Å². The van der Waals surface area contributed by atoms with Crippen molar-refractivity contribution in [2.75, 3.05) is 0 Å². The smallest absolute Gasteiger partial charge is 0.0688 e. The van der Waals surface area contributed by atoms with Gasteiger partial charge in [-0.1, -0.05) is 186 Å². The van der Waals surface area contributed by atoms with E-state index >= 15 is 0 Å². The SMILES string of the molecule is CC.CC.CC.CC(C)(C)c1ccccc1.CC(C)(C)c1ccccc1-c1ccccc1.CC(C)(C)n1ncc2ccccc21. The molecule has 2 nitrogen and oxygen atoms in total. The average molecular weight is 609 g/mol. The molecular formula is C43H64N2. The second-order valence-electron chi connectivity index (χ2n) is 13.1. The van der Waals surface area contributed by atoms with Crippen LogP contribution in [0.4, 0.5) is 0 Å². The Hall–Kier alpha value is -3.65. The summed E-state index contributed by atoms with van der Waals surface area (Å²) in [5.41, 5.74) is 7.19. The van der Waals surface area contributed by atoms with E-state index in [1.54, 1.807) is 0 Å². The van der Waals surface area contributed by atoms with Crippen LogP contribution in [0.5, 0.6) is 0 Å². The number of hydrogen-bond donors (Lipinski definition) is 0. The van der Waals surface area contributed by atoms with Crippen molar-refractivity contribution in [2.24, 2.45) is 0 Å². The van der Waals surface area contributed by atoms with Crippen molar-refractivity contribution >= 4 is 10.9 Å². The van der Waals surface area contributed by atoms with Gasteiger partial charge in [-0.05, 0) is 59.9 Å². The van der Waals surface area contributed by atoms with E-state index in [1.807, 2.05) is 59.9 Å². The van der Waals surface area contributed by atoms with Crippen LogP contribution in [0.2, 0.25) is 0 Å². The maximum Gasteiger partial charge on any atom is 0.0688 e. The average Bonchev–Trinajstić information content (AvgIpc) is 3.50. The molecule has 4 aromatic carbocycles. The van der Waals surface area contributed by atoms with Crippen LogP contribution in [-0.2, 0) is 16.4 Å². The fraction of sp³-hybridized carbons (Fsp3) is 0.419. The van der Waals surface area contributed by atoms with Gasteiger partial charge in [-0.3, -0.25) is 4.68 Å². The van der Waals surface area contributed by atoms with Crippen LogP contribution in [0, 0.1) is 0 Å². The standard InChI is InChI=1S/C16H18.C11H14N2.C10H14.3C2H6/c1-16(2,3)15-12-8-7-11-14(15)13-9-5-4-6-10-13;1-11(2,3)13-10-7-5-4-6-9(10)8-12-13;1-10(2,3)9-7-5-4-6-8-9;3*1-2/h4-12H,1-3H3;4-8H,1-3H3;4-8H,1-3H3;3*1-2H3. The molecule has 1 heterocycles. The third-order valence-electron chi connectivity index (χ3n) is 6.57. The highest BCUT2D eigenvalue weighted by atomic mass is 15.3. The Morgan fingerprint density at radius 1 is 0.467 bits per heavy atom. The van der Waals surface area contributed by atoms with Crippen LogP contribution in [0.25, 0.3) is 22.0 Å². The second kappa shape index (κ2) is 20.4. The lowest BCUT2D eigenvalue weighted by molar-refractivity contribution is 0.368. The molecule has 5 aromatic rings. The molecule has 0 aliphatic rings. The van der Waals surface area contributed by atoms with Gasteiger partial charge >= 0.3 is 0 Å². The highest BCUT2D eigenvalue weighted by molar-refractivity contribution is 5.78. The molecule has 0 unspecified atom stereocenters. The van der Waals surface area contributed by atoms with Crippen LogP contribution < -0.4 is 0 Å². The molecule has 0 bridgehead atoms. The zero-order chi connectivity index (χ0) is 34.7. The summed E-state index contributed by atoms with van der Waals surface area (Å²) in [5, 5.41) is 5.59. The lowest BCUT2D eigenvalue weighted by Crippen LogP contribution is -2.22. The minimum Gasteiger partial charge on any atom is -0.260 e. The zero-order valence-corrected chi connectivity index (χ0v) is 31.4. The molecule has 0 N–H and O–H groups in total. The first-order chi connectivity index (χ1) is 21.3. The van der Waals surface area contributed by atoms with E-state index in [0.29, 0.717) is 5.41 Å². The molecule has 0 spiro atoms. The van der Waals surface area contributed by atoms with Crippen molar-refractivity contribution in [1.29, 1.82) is 0 Å². The van der Waals surface area contributed by atoms with Gasteiger partial charge in [0.25, 0.3) is 0 Å². The summed E-state index contributed by atoms with van der Waals surface area (Å²) in [7, 11) is 0. The summed E-state index contributed by atoms with van der Waals surface area (Å²) in [4.78, 5) is 0. The van der Waals surface area contributed by atoms with Gasteiger partial charge in [0, 0.05) is 5.39 Å². The Morgan fingerprint density at radius 2 is 0.911 bits per heavy atom. The van der Waals surface area contributed by atoms with Gasteiger partial charge in [-0.2, -0.15) is 5.10 Å². The zero-order valence-electron chi connectivity index (χ0n) is 31.4. The molecule has 2 heteroatoms. The molecule has 0 amide bonds. The molecule has 0 atom stereocenters. The summed E-state index contributed by atoms with van der Waals surface area (Å²) < 4.78 is 2.06. The normalized spacial score (nSPS) is 10.6. The third-order valence-corrected chi connectivity index (χ3v) is 6.57. The molecule has 5 rings (SSSR count). The number of rotatable bonds is 1. The van der Waals surface area contributed by atoms with E-state index in [9.17, 15) is 0 Å². The van der Waals surface area contributed by atoms with Crippen LogP contribution in [-0.4, -0.2) is 9.78 Å². The van der Waals surface area contributed by atoms with Gasteiger partial charge < -0.3 is 0 Å². The largest absolute Gasteiger partial charge is 0.260 e. The molecular weight excluding hydrogens is 544 g/mol. The monoisotopic (exact) mass is 609 g/mol. The fourth-order valence-electron chi connectivity index (χ4n) is 4.45. The van der Waals surface area contributed by atoms with Crippen molar-refractivity contribution in [2.45, 2.75) is 120 Å². The molecule has 246 valence electrons. The Morgan fingerprint density at radius 3 is 1.38 bits per heavy atom. The molecule has 0 aliphatic heterocycles. The van der Waals surface area contributed by atoms with E-state index in [2.05, 4.69) is 169 Å². The van der Waals surface area contributed by atoms with E-state index in [-0.39, 0.29) is 11.0 Å². The van der Waals surface area contributed by atoms with Crippen molar-refractivity contribution < 1.29 is 0 Å². The Balaban J connectivity index is 0.000000607. The van der Waals surface area contributed by atoms with Crippen LogP contribution >= 0.6 is 0 Å². The molecule has 0 aliphatic carbocycles. The Kier molecular flexibility index (Phi) is 18.7. The van der Waals surface area contributed by atoms with Crippen molar-refractivity contribution in [3.8, 4) is 11.1 Å². The number of aromatic nitrogens is 2. The van der Waals surface area contributed by atoms with E-state index in [1.165, 1.54) is 33.2 Å². The first-order valence-electron chi connectivity index (χ1n) is 16.9. The molecule has 0 fully saturated rings. The van der Waals surface area contributed by atoms with E-state index < -0.39 is 0 Å². The van der Waals surface area contributed by atoms with Crippen molar-refractivity contribution in [3.63, 3.8) is 0 Å². The first kappa shape index (κ1) is 41.4. The molecule has 1 aromatic heterocycles. The summed E-state index contributed by atoms with van der Waals surface area (Å²) in [5.74, 6) is 0. The maximum atomic E-state index is 4.38. The van der Waals surface area contributed by atoms with Crippen molar-refractivity contribution in [1.82, 2.24) is 9.78 Å². The topological polar surface area (TPSA) is 17.8 Å². The summed E-state index contributed by atoms with van der Waals surface area (Å²) in [6, 6.07) is 38.1. The minimum absolute atomic E-state index is 0.0586. The van der Waals surface area contributed by atoms with Gasteiger partial charge in [0.05, 0.1) is 17.3 Å². The van der Waals surface area contributed by atoms with Gasteiger partial charge in [0.2, 0.25) is 0 Å². The quantitative estimate of drug-likeness (QED) is 0.185. The molecule has 0 saturated heterocycles. The lowest BCUT2D eigenvalue weighted by Gasteiger charge is -2.23. The highest BCUT2D eigenvalue weighted by Gasteiger charge is 2.18. The number of fused-ring (bicyclic) bond motifs is 1.